The van der Waals surface area contributed by atoms with E-state index in [9.17, 15) is 9.90 Å². The van der Waals surface area contributed by atoms with E-state index in [0.29, 0.717) is 0 Å². The van der Waals surface area contributed by atoms with Gasteiger partial charge in [0.1, 0.15) is 5.41 Å². The summed E-state index contributed by atoms with van der Waals surface area (Å²) in [4.78, 5) is 11.4. The van der Waals surface area contributed by atoms with Gasteiger partial charge in [-0.05, 0) is 23.5 Å². The Kier molecular flexibility index (Phi) is 2.50. The maximum atomic E-state index is 11.4. The van der Waals surface area contributed by atoms with E-state index < -0.39 is 11.4 Å². The van der Waals surface area contributed by atoms with Crippen LogP contribution in [0.5, 0.6) is 0 Å². The molecule has 0 heterocycles. The van der Waals surface area contributed by atoms with E-state index in [2.05, 4.69) is 11.8 Å². The van der Waals surface area contributed by atoms with Crippen LogP contribution in [0.4, 0.5) is 0 Å². The van der Waals surface area contributed by atoms with Crippen LogP contribution < -0.4 is 0 Å². The molecule has 0 saturated heterocycles. The van der Waals surface area contributed by atoms with Crippen LogP contribution in [-0.2, 0) is 4.79 Å². The normalized spacial score (nSPS) is 29.0. The molecule has 2 rings (SSSR count). The number of carboxylic acid groups (broad SMARTS) is 1. The third kappa shape index (κ3) is 1.54. The highest BCUT2D eigenvalue weighted by molar-refractivity contribution is 5.85. The van der Waals surface area contributed by atoms with Gasteiger partial charge in [-0.25, -0.2) is 0 Å². The third-order valence-corrected chi connectivity index (χ3v) is 4.18. The standard InChI is InChI=1S/C15H16O2/c1-11-14(2,3)15(11,13(16)17)10-9-12-7-5-4-6-8-12/h4-8,11H,1-3H3,(H,16,17). The molecular formula is C15H16O2. The van der Waals surface area contributed by atoms with Crippen LogP contribution >= 0.6 is 0 Å². The number of hydrogen-bond acceptors (Lipinski definition) is 1. The predicted molar refractivity (Wildman–Crippen MR) is 66.3 cm³/mol. The van der Waals surface area contributed by atoms with Gasteiger partial charge in [0, 0.05) is 5.56 Å². The molecule has 2 nitrogen and oxygen atoms in total. The SMILES string of the molecule is CC1C(C)(C)C1(C#Cc1ccccc1)C(=O)O. The van der Waals surface area contributed by atoms with E-state index in [1.165, 1.54) is 0 Å². The fourth-order valence-electron chi connectivity index (χ4n) is 2.50. The van der Waals surface area contributed by atoms with E-state index >= 15 is 0 Å². The summed E-state index contributed by atoms with van der Waals surface area (Å²) >= 11 is 0. The fraction of sp³-hybridized carbons (Fsp3) is 0.400. The summed E-state index contributed by atoms with van der Waals surface area (Å²) in [5.41, 5.74) is -0.272. The first-order chi connectivity index (χ1) is 7.93. The van der Waals surface area contributed by atoms with Gasteiger partial charge in [0.2, 0.25) is 0 Å². The average Bonchev–Trinajstić information content (AvgIpc) is 2.73. The van der Waals surface area contributed by atoms with Crippen LogP contribution in [0.15, 0.2) is 30.3 Å². The van der Waals surface area contributed by atoms with Crippen LogP contribution in [-0.4, -0.2) is 11.1 Å². The van der Waals surface area contributed by atoms with Crippen molar-refractivity contribution in [1.82, 2.24) is 0 Å². The van der Waals surface area contributed by atoms with Crippen molar-refractivity contribution in [3.63, 3.8) is 0 Å². The molecule has 0 aromatic heterocycles. The average molecular weight is 228 g/mol. The molecule has 1 aliphatic rings. The summed E-state index contributed by atoms with van der Waals surface area (Å²) in [6, 6.07) is 9.50. The Morgan fingerprint density at radius 1 is 1.29 bits per heavy atom. The van der Waals surface area contributed by atoms with E-state index in [1.54, 1.807) is 0 Å². The molecule has 0 aliphatic heterocycles. The highest BCUT2D eigenvalue weighted by atomic mass is 16.4. The minimum absolute atomic E-state index is 0.0868. The van der Waals surface area contributed by atoms with E-state index in [-0.39, 0.29) is 11.3 Å². The lowest BCUT2D eigenvalue weighted by Crippen LogP contribution is -2.19. The molecule has 2 atom stereocenters. The topological polar surface area (TPSA) is 37.3 Å². The highest BCUT2D eigenvalue weighted by Gasteiger charge is 2.73. The molecule has 2 unspecified atom stereocenters. The fourth-order valence-corrected chi connectivity index (χ4v) is 2.50. The van der Waals surface area contributed by atoms with Crippen molar-refractivity contribution in [3.8, 4) is 11.8 Å². The van der Waals surface area contributed by atoms with Gasteiger partial charge in [0.05, 0.1) is 0 Å². The summed E-state index contributed by atoms with van der Waals surface area (Å²) < 4.78 is 0. The molecule has 0 radical (unpaired) electrons. The van der Waals surface area contributed by atoms with Crippen LogP contribution in [0, 0.1) is 28.6 Å². The van der Waals surface area contributed by atoms with Gasteiger partial charge in [-0.3, -0.25) is 4.79 Å². The zero-order valence-corrected chi connectivity index (χ0v) is 10.3. The second kappa shape index (κ2) is 3.63. The summed E-state index contributed by atoms with van der Waals surface area (Å²) in [6.45, 7) is 5.88. The minimum atomic E-state index is -0.886. The number of rotatable bonds is 1. The molecule has 1 N–H and O–H groups in total. The summed E-state index contributed by atoms with van der Waals surface area (Å²) in [6.07, 6.45) is 0. The lowest BCUT2D eigenvalue weighted by atomic mass is 9.96. The Morgan fingerprint density at radius 2 is 1.82 bits per heavy atom. The lowest BCUT2D eigenvalue weighted by Gasteiger charge is -2.07. The molecule has 2 heteroatoms. The third-order valence-electron chi connectivity index (χ3n) is 4.18. The Hall–Kier alpha value is -1.75. The summed E-state index contributed by atoms with van der Waals surface area (Å²) in [5, 5.41) is 9.39. The smallest absolute Gasteiger partial charge is 0.322 e. The lowest BCUT2D eigenvalue weighted by molar-refractivity contribution is -0.142. The first kappa shape index (κ1) is 11.7. The quantitative estimate of drug-likeness (QED) is 0.750. The molecule has 1 saturated carbocycles. The minimum Gasteiger partial charge on any atom is -0.480 e. The Labute approximate surface area is 102 Å². The number of carboxylic acids is 1. The summed E-state index contributed by atoms with van der Waals surface area (Å²) in [7, 11) is 0. The second-order valence-corrected chi connectivity index (χ2v) is 5.17. The Balaban J connectivity index is 2.36. The van der Waals surface area contributed by atoms with E-state index in [0.717, 1.165) is 5.56 Å². The number of hydrogen-bond donors (Lipinski definition) is 1. The van der Waals surface area contributed by atoms with Gasteiger partial charge in [-0.1, -0.05) is 50.8 Å². The van der Waals surface area contributed by atoms with Crippen molar-refractivity contribution in [2.75, 3.05) is 0 Å². The van der Waals surface area contributed by atoms with Crippen molar-refractivity contribution in [3.05, 3.63) is 35.9 Å². The zero-order valence-electron chi connectivity index (χ0n) is 10.3. The molecule has 1 aromatic rings. The van der Waals surface area contributed by atoms with Crippen molar-refractivity contribution in [1.29, 1.82) is 0 Å². The molecule has 88 valence electrons. The van der Waals surface area contributed by atoms with Crippen molar-refractivity contribution < 1.29 is 9.90 Å². The van der Waals surface area contributed by atoms with Gasteiger partial charge in [0.15, 0.2) is 0 Å². The largest absolute Gasteiger partial charge is 0.480 e. The summed E-state index contributed by atoms with van der Waals surface area (Å²) in [5.74, 6) is 5.24. The van der Waals surface area contributed by atoms with Crippen molar-refractivity contribution >= 4 is 5.97 Å². The molecule has 1 fully saturated rings. The molecule has 0 amide bonds. The zero-order chi connectivity index (χ0) is 12.7. The molecule has 1 aromatic carbocycles. The predicted octanol–water partition coefficient (Wildman–Crippen LogP) is 2.79. The molecular weight excluding hydrogens is 212 g/mol. The number of aliphatic carboxylic acids is 1. The molecule has 0 bridgehead atoms. The van der Waals surface area contributed by atoms with Gasteiger partial charge in [0.25, 0.3) is 0 Å². The molecule has 0 spiro atoms. The van der Waals surface area contributed by atoms with Crippen LogP contribution in [0.3, 0.4) is 0 Å². The molecule has 1 aliphatic carbocycles. The van der Waals surface area contributed by atoms with Gasteiger partial charge < -0.3 is 5.11 Å². The monoisotopic (exact) mass is 228 g/mol. The number of carbonyl (C=O) groups is 1. The van der Waals surface area contributed by atoms with E-state index in [4.69, 9.17) is 0 Å². The van der Waals surface area contributed by atoms with E-state index in [1.807, 2.05) is 51.1 Å². The van der Waals surface area contributed by atoms with Gasteiger partial charge in [-0.15, -0.1) is 0 Å². The van der Waals surface area contributed by atoms with Crippen molar-refractivity contribution in [2.24, 2.45) is 16.7 Å². The van der Waals surface area contributed by atoms with Crippen LogP contribution in [0.2, 0.25) is 0 Å². The van der Waals surface area contributed by atoms with Crippen molar-refractivity contribution in [2.45, 2.75) is 20.8 Å². The first-order valence-electron chi connectivity index (χ1n) is 5.74. The van der Waals surface area contributed by atoms with Crippen LogP contribution in [0.25, 0.3) is 0 Å². The first-order valence-corrected chi connectivity index (χ1v) is 5.74. The van der Waals surface area contributed by atoms with Gasteiger partial charge >= 0.3 is 5.97 Å². The second-order valence-electron chi connectivity index (χ2n) is 5.17. The number of benzene rings is 1. The van der Waals surface area contributed by atoms with Crippen LogP contribution in [0.1, 0.15) is 26.3 Å². The maximum Gasteiger partial charge on any atom is 0.322 e. The maximum absolute atomic E-state index is 11.4. The molecule has 17 heavy (non-hydrogen) atoms. The Bertz CT molecular complexity index is 505. The van der Waals surface area contributed by atoms with Gasteiger partial charge in [-0.2, -0.15) is 0 Å². The Morgan fingerprint density at radius 3 is 2.24 bits per heavy atom. The highest BCUT2D eigenvalue weighted by Crippen LogP contribution is 2.68.